The zero-order valence-electron chi connectivity index (χ0n) is 18.1. The molecule has 2 aliphatic rings. The largest absolute Gasteiger partial charge is 0.481 e. The second-order valence-electron chi connectivity index (χ2n) is 8.94. The smallest absolute Gasteiger partial charge is 0.263 e. The van der Waals surface area contributed by atoms with Crippen LogP contribution >= 0.6 is 11.6 Å². The zero-order valence-corrected chi connectivity index (χ0v) is 18.8. The minimum atomic E-state index is -0.624. The van der Waals surface area contributed by atoms with Crippen molar-refractivity contribution in [3.05, 3.63) is 29.3 Å². The Morgan fingerprint density at radius 2 is 1.63 bits per heavy atom. The lowest BCUT2D eigenvalue weighted by molar-refractivity contribution is -0.145. The molecular weight excluding hydrogens is 406 g/mol. The van der Waals surface area contributed by atoms with Crippen molar-refractivity contribution in [1.82, 2.24) is 14.7 Å². The van der Waals surface area contributed by atoms with Gasteiger partial charge < -0.3 is 19.4 Å². The molecule has 1 aromatic rings. The molecule has 2 heterocycles. The lowest BCUT2D eigenvalue weighted by Gasteiger charge is -2.37. The van der Waals surface area contributed by atoms with Gasteiger partial charge in [-0.2, -0.15) is 0 Å². The van der Waals surface area contributed by atoms with Crippen LogP contribution in [0.15, 0.2) is 24.3 Å². The highest BCUT2D eigenvalue weighted by Crippen LogP contribution is 2.27. The fourth-order valence-corrected chi connectivity index (χ4v) is 4.08. The van der Waals surface area contributed by atoms with Crippen molar-refractivity contribution in [2.24, 2.45) is 5.92 Å². The van der Waals surface area contributed by atoms with E-state index in [4.69, 9.17) is 16.3 Å². The first kappa shape index (κ1) is 22.4. The molecule has 0 aromatic heterocycles. The number of rotatable bonds is 4. The van der Waals surface area contributed by atoms with Crippen LogP contribution in [0, 0.1) is 5.92 Å². The first-order chi connectivity index (χ1) is 14.1. The highest BCUT2D eigenvalue weighted by atomic mass is 35.5. The normalized spacial score (nSPS) is 21.0. The second kappa shape index (κ2) is 8.84. The summed E-state index contributed by atoms with van der Waals surface area (Å²) in [5.41, 5.74) is -0.280. The first-order valence-electron chi connectivity index (χ1n) is 10.4. The number of benzene rings is 1. The van der Waals surface area contributed by atoms with Crippen molar-refractivity contribution in [3.63, 3.8) is 0 Å². The van der Waals surface area contributed by atoms with E-state index < -0.39 is 6.10 Å². The Balaban J connectivity index is 1.50. The van der Waals surface area contributed by atoms with Gasteiger partial charge in [0.15, 0.2) is 6.10 Å². The SMILES string of the molecule is CC(Oc1ccc(Cl)cc1)C(=O)N1CCN(C(=O)C2CC(=O)N(C(C)(C)C)C2)CC1. The van der Waals surface area contributed by atoms with Gasteiger partial charge in [-0.1, -0.05) is 11.6 Å². The van der Waals surface area contributed by atoms with Gasteiger partial charge in [0, 0.05) is 49.7 Å². The number of carbonyl (C=O) groups excluding carboxylic acids is 3. The molecule has 8 heteroatoms. The molecule has 0 N–H and O–H groups in total. The van der Waals surface area contributed by atoms with E-state index in [1.54, 1.807) is 45.9 Å². The predicted octanol–water partition coefficient (Wildman–Crippen LogP) is 2.43. The second-order valence-corrected chi connectivity index (χ2v) is 9.38. The Morgan fingerprint density at radius 1 is 1.07 bits per heavy atom. The van der Waals surface area contributed by atoms with Gasteiger partial charge in [0.25, 0.3) is 5.91 Å². The highest BCUT2D eigenvalue weighted by molar-refractivity contribution is 6.30. The van der Waals surface area contributed by atoms with Crippen LogP contribution in [-0.4, -0.2) is 76.8 Å². The van der Waals surface area contributed by atoms with Crippen molar-refractivity contribution in [3.8, 4) is 5.75 Å². The molecule has 3 rings (SSSR count). The summed E-state index contributed by atoms with van der Waals surface area (Å²) in [7, 11) is 0. The Kier molecular flexibility index (Phi) is 6.60. The number of hydrogen-bond acceptors (Lipinski definition) is 4. The van der Waals surface area contributed by atoms with Gasteiger partial charge in [0.05, 0.1) is 5.92 Å². The summed E-state index contributed by atoms with van der Waals surface area (Å²) in [6.45, 7) is 9.99. The minimum absolute atomic E-state index is 0.00709. The number of ether oxygens (including phenoxy) is 1. The molecule has 0 spiro atoms. The number of likely N-dealkylation sites (tertiary alicyclic amines) is 1. The van der Waals surface area contributed by atoms with Crippen LogP contribution in [0.3, 0.4) is 0 Å². The molecule has 0 aliphatic carbocycles. The number of amides is 3. The summed E-state index contributed by atoms with van der Waals surface area (Å²) in [6, 6.07) is 6.89. The monoisotopic (exact) mass is 435 g/mol. The van der Waals surface area contributed by atoms with E-state index in [9.17, 15) is 14.4 Å². The summed E-state index contributed by atoms with van der Waals surface area (Å²) in [6.07, 6.45) is -0.359. The third kappa shape index (κ3) is 5.06. The van der Waals surface area contributed by atoms with Gasteiger partial charge in [0.2, 0.25) is 11.8 Å². The molecule has 164 valence electrons. The standard InChI is InChI=1S/C22H30ClN3O4/c1-15(30-18-7-5-17(23)6-8-18)20(28)24-9-11-25(12-10-24)21(29)16-13-19(27)26(14-16)22(2,3)4/h5-8,15-16H,9-14H2,1-4H3. The minimum Gasteiger partial charge on any atom is -0.481 e. The van der Waals surface area contributed by atoms with Gasteiger partial charge in [-0.25, -0.2) is 0 Å². The number of piperazine rings is 1. The van der Waals surface area contributed by atoms with E-state index >= 15 is 0 Å². The van der Waals surface area contributed by atoms with Crippen LogP contribution in [0.1, 0.15) is 34.1 Å². The summed E-state index contributed by atoms with van der Waals surface area (Å²) < 4.78 is 5.72. The fourth-order valence-electron chi connectivity index (χ4n) is 3.95. The fraction of sp³-hybridized carbons (Fsp3) is 0.591. The Morgan fingerprint density at radius 3 is 2.17 bits per heavy atom. The Hall–Kier alpha value is -2.28. The molecular formula is C22H30ClN3O4. The maximum absolute atomic E-state index is 12.9. The average Bonchev–Trinajstić information content (AvgIpc) is 3.11. The van der Waals surface area contributed by atoms with Crippen LogP contribution in [0.4, 0.5) is 0 Å². The quantitative estimate of drug-likeness (QED) is 0.728. The summed E-state index contributed by atoms with van der Waals surface area (Å²) in [5.74, 6) is 0.219. The van der Waals surface area contributed by atoms with E-state index in [2.05, 4.69) is 0 Å². The molecule has 3 amide bonds. The molecule has 2 aliphatic heterocycles. The zero-order chi connectivity index (χ0) is 22.1. The lowest BCUT2D eigenvalue weighted by Crippen LogP contribution is -2.54. The van der Waals surface area contributed by atoms with Gasteiger partial charge >= 0.3 is 0 Å². The average molecular weight is 436 g/mol. The molecule has 0 radical (unpaired) electrons. The van der Waals surface area contributed by atoms with Crippen LogP contribution in [0.5, 0.6) is 5.75 Å². The predicted molar refractivity (Wildman–Crippen MR) is 114 cm³/mol. The lowest BCUT2D eigenvalue weighted by atomic mass is 10.1. The highest BCUT2D eigenvalue weighted by Gasteiger charge is 2.41. The third-order valence-electron chi connectivity index (χ3n) is 5.66. The Bertz CT molecular complexity index is 798. The molecule has 1 aromatic carbocycles. The third-order valence-corrected chi connectivity index (χ3v) is 5.91. The van der Waals surface area contributed by atoms with Crippen LogP contribution < -0.4 is 4.74 Å². The molecule has 7 nitrogen and oxygen atoms in total. The summed E-state index contributed by atoms with van der Waals surface area (Å²) >= 11 is 5.87. The van der Waals surface area contributed by atoms with Crippen LogP contribution in [0.25, 0.3) is 0 Å². The molecule has 2 fully saturated rings. The van der Waals surface area contributed by atoms with Gasteiger partial charge in [-0.3, -0.25) is 14.4 Å². The number of carbonyl (C=O) groups is 3. The van der Waals surface area contributed by atoms with E-state index in [0.29, 0.717) is 43.5 Å². The molecule has 2 atom stereocenters. The van der Waals surface area contributed by atoms with Crippen molar-refractivity contribution in [1.29, 1.82) is 0 Å². The van der Waals surface area contributed by atoms with Crippen LogP contribution in [-0.2, 0) is 14.4 Å². The van der Waals surface area contributed by atoms with E-state index in [-0.39, 0.29) is 35.6 Å². The summed E-state index contributed by atoms with van der Waals surface area (Å²) in [5, 5.41) is 0.608. The molecule has 2 saturated heterocycles. The Labute approximate surface area is 182 Å². The van der Waals surface area contributed by atoms with Crippen molar-refractivity contribution < 1.29 is 19.1 Å². The van der Waals surface area contributed by atoms with Gasteiger partial charge in [-0.05, 0) is 52.0 Å². The molecule has 30 heavy (non-hydrogen) atoms. The number of halogens is 1. The van der Waals surface area contributed by atoms with Crippen molar-refractivity contribution >= 4 is 29.3 Å². The molecule has 0 saturated carbocycles. The van der Waals surface area contributed by atoms with Gasteiger partial charge in [0.1, 0.15) is 5.75 Å². The number of hydrogen-bond donors (Lipinski definition) is 0. The number of nitrogens with zero attached hydrogens (tertiary/aromatic N) is 3. The van der Waals surface area contributed by atoms with E-state index in [1.807, 2.05) is 20.8 Å². The molecule has 2 unspecified atom stereocenters. The van der Waals surface area contributed by atoms with E-state index in [0.717, 1.165) is 0 Å². The van der Waals surface area contributed by atoms with Crippen molar-refractivity contribution in [2.75, 3.05) is 32.7 Å². The maximum Gasteiger partial charge on any atom is 0.263 e. The topological polar surface area (TPSA) is 70.2 Å². The summed E-state index contributed by atoms with van der Waals surface area (Å²) in [4.78, 5) is 43.2. The first-order valence-corrected chi connectivity index (χ1v) is 10.7. The van der Waals surface area contributed by atoms with Crippen LogP contribution in [0.2, 0.25) is 5.02 Å². The van der Waals surface area contributed by atoms with Gasteiger partial charge in [-0.15, -0.1) is 0 Å². The maximum atomic E-state index is 12.9. The van der Waals surface area contributed by atoms with E-state index in [1.165, 1.54) is 0 Å². The molecule has 0 bridgehead atoms. The van der Waals surface area contributed by atoms with Crippen molar-refractivity contribution in [2.45, 2.75) is 45.8 Å².